The Labute approximate surface area is 110 Å². The molecule has 0 aliphatic heterocycles. The molecule has 0 saturated heterocycles. The first kappa shape index (κ1) is 12.2. The minimum Gasteiger partial charge on any atom is -0.396 e. The molecule has 0 bridgehead atoms. The molecule has 2 N–H and O–H groups in total. The van der Waals surface area contributed by atoms with Crippen molar-refractivity contribution >= 4 is 21.6 Å². The maximum absolute atomic E-state index is 6.11. The summed E-state index contributed by atoms with van der Waals surface area (Å²) in [5.41, 5.74) is 10.0. The SMILES string of the molecule is CCc1nn(-c2cccc(Br)c2)c(CC)c1N. The molecule has 1 aromatic carbocycles. The minimum atomic E-state index is 0.829. The summed E-state index contributed by atoms with van der Waals surface area (Å²) in [6, 6.07) is 8.09. The maximum atomic E-state index is 6.11. The number of aryl methyl sites for hydroxylation is 1. The molecule has 1 aromatic heterocycles. The summed E-state index contributed by atoms with van der Waals surface area (Å²) in [5, 5.41) is 4.58. The van der Waals surface area contributed by atoms with Gasteiger partial charge in [-0.1, -0.05) is 35.8 Å². The van der Waals surface area contributed by atoms with Gasteiger partial charge in [-0.3, -0.25) is 0 Å². The van der Waals surface area contributed by atoms with Gasteiger partial charge in [0, 0.05) is 4.47 Å². The van der Waals surface area contributed by atoms with Crippen LogP contribution in [0.5, 0.6) is 0 Å². The van der Waals surface area contributed by atoms with Crippen LogP contribution in [0.2, 0.25) is 0 Å². The molecule has 0 aliphatic carbocycles. The van der Waals surface area contributed by atoms with E-state index in [4.69, 9.17) is 5.73 Å². The van der Waals surface area contributed by atoms with Gasteiger partial charge in [0.25, 0.3) is 0 Å². The number of hydrogen-bond donors (Lipinski definition) is 1. The predicted molar refractivity (Wildman–Crippen MR) is 74.4 cm³/mol. The Morgan fingerprint density at radius 3 is 2.65 bits per heavy atom. The van der Waals surface area contributed by atoms with Crippen LogP contribution in [0.15, 0.2) is 28.7 Å². The fourth-order valence-electron chi connectivity index (χ4n) is 1.94. The van der Waals surface area contributed by atoms with E-state index in [1.165, 1.54) is 0 Å². The molecule has 3 nitrogen and oxygen atoms in total. The Morgan fingerprint density at radius 2 is 2.06 bits per heavy atom. The third-order valence-corrected chi connectivity index (χ3v) is 3.31. The highest BCUT2D eigenvalue weighted by Crippen LogP contribution is 2.23. The number of hydrogen-bond acceptors (Lipinski definition) is 2. The monoisotopic (exact) mass is 293 g/mol. The average Bonchev–Trinajstić information content (AvgIpc) is 2.65. The zero-order chi connectivity index (χ0) is 12.4. The van der Waals surface area contributed by atoms with Gasteiger partial charge in [0.2, 0.25) is 0 Å². The number of halogens is 1. The summed E-state index contributed by atoms with van der Waals surface area (Å²) in [6.07, 6.45) is 1.74. The van der Waals surface area contributed by atoms with Crippen LogP contribution in [0, 0.1) is 0 Å². The number of anilines is 1. The lowest BCUT2D eigenvalue weighted by Gasteiger charge is -2.06. The molecule has 0 spiro atoms. The van der Waals surface area contributed by atoms with E-state index in [0.29, 0.717) is 0 Å². The number of aromatic nitrogens is 2. The summed E-state index contributed by atoms with van der Waals surface area (Å²) in [6.45, 7) is 4.17. The van der Waals surface area contributed by atoms with Gasteiger partial charge in [-0.2, -0.15) is 5.10 Å². The molecule has 1 heterocycles. The van der Waals surface area contributed by atoms with E-state index in [1.807, 2.05) is 28.9 Å². The van der Waals surface area contributed by atoms with Crippen molar-refractivity contribution < 1.29 is 0 Å². The molecule has 2 aromatic rings. The zero-order valence-electron chi connectivity index (χ0n) is 10.1. The number of rotatable bonds is 3. The summed E-state index contributed by atoms with van der Waals surface area (Å²) in [4.78, 5) is 0. The molecule has 0 atom stereocenters. The maximum Gasteiger partial charge on any atom is 0.0858 e. The lowest BCUT2D eigenvalue weighted by atomic mass is 10.2. The topological polar surface area (TPSA) is 43.8 Å². The van der Waals surface area contributed by atoms with Crippen LogP contribution in [0.25, 0.3) is 5.69 Å². The molecule has 4 heteroatoms. The molecule has 17 heavy (non-hydrogen) atoms. The highest BCUT2D eigenvalue weighted by atomic mass is 79.9. The van der Waals surface area contributed by atoms with Crippen LogP contribution in [-0.4, -0.2) is 9.78 Å². The van der Waals surface area contributed by atoms with Crippen LogP contribution >= 0.6 is 15.9 Å². The van der Waals surface area contributed by atoms with E-state index < -0.39 is 0 Å². The van der Waals surface area contributed by atoms with Gasteiger partial charge in [0.05, 0.1) is 22.8 Å². The molecule has 90 valence electrons. The largest absolute Gasteiger partial charge is 0.396 e. The number of nitrogens with two attached hydrogens (primary N) is 1. The van der Waals surface area contributed by atoms with Gasteiger partial charge in [0.15, 0.2) is 0 Å². The van der Waals surface area contributed by atoms with Crippen molar-refractivity contribution in [2.75, 3.05) is 5.73 Å². The molecule has 2 rings (SSSR count). The van der Waals surface area contributed by atoms with Crippen LogP contribution in [0.1, 0.15) is 25.2 Å². The van der Waals surface area contributed by atoms with Crippen molar-refractivity contribution in [1.82, 2.24) is 9.78 Å². The Kier molecular flexibility index (Phi) is 3.52. The zero-order valence-corrected chi connectivity index (χ0v) is 11.7. The summed E-state index contributed by atoms with van der Waals surface area (Å²) < 4.78 is 2.99. The standard InChI is InChI=1S/C13H16BrN3/c1-3-11-13(15)12(4-2)17(16-11)10-7-5-6-9(14)8-10/h5-8H,3-4,15H2,1-2H3. The average molecular weight is 294 g/mol. The number of nitrogen functional groups attached to an aromatic ring is 1. The van der Waals surface area contributed by atoms with Crippen LogP contribution in [-0.2, 0) is 12.8 Å². The van der Waals surface area contributed by atoms with E-state index in [9.17, 15) is 0 Å². The smallest absolute Gasteiger partial charge is 0.0858 e. The van der Waals surface area contributed by atoms with Gasteiger partial charge < -0.3 is 5.73 Å². The molecule has 0 saturated carbocycles. The first-order valence-electron chi connectivity index (χ1n) is 5.79. The van der Waals surface area contributed by atoms with Crippen molar-refractivity contribution in [1.29, 1.82) is 0 Å². The molecule has 0 amide bonds. The van der Waals surface area contributed by atoms with E-state index >= 15 is 0 Å². The molecular formula is C13H16BrN3. The normalized spacial score (nSPS) is 10.8. The van der Waals surface area contributed by atoms with Gasteiger partial charge >= 0.3 is 0 Å². The molecule has 0 radical (unpaired) electrons. The van der Waals surface area contributed by atoms with E-state index in [0.717, 1.165) is 40.1 Å². The van der Waals surface area contributed by atoms with Gasteiger partial charge in [0.1, 0.15) is 0 Å². The Morgan fingerprint density at radius 1 is 1.29 bits per heavy atom. The second-order valence-electron chi connectivity index (χ2n) is 3.91. The summed E-state index contributed by atoms with van der Waals surface area (Å²) in [7, 11) is 0. The van der Waals surface area contributed by atoms with Crippen molar-refractivity contribution in [2.45, 2.75) is 26.7 Å². The molecule has 0 unspecified atom stereocenters. The second-order valence-corrected chi connectivity index (χ2v) is 4.82. The molecule has 0 fully saturated rings. The highest BCUT2D eigenvalue weighted by molar-refractivity contribution is 9.10. The first-order valence-corrected chi connectivity index (χ1v) is 6.58. The quantitative estimate of drug-likeness (QED) is 0.943. The van der Waals surface area contributed by atoms with Crippen molar-refractivity contribution in [3.8, 4) is 5.69 Å². The highest BCUT2D eigenvalue weighted by Gasteiger charge is 2.13. The third kappa shape index (κ3) is 2.22. The van der Waals surface area contributed by atoms with Crippen LogP contribution in [0.3, 0.4) is 0 Å². The number of benzene rings is 1. The molecule has 0 aliphatic rings. The lowest BCUT2D eigenvalue weighted by Crippen LogP contribution is -2.02. The number of nitrogens with zero attached hydrogens (tertiary/aromatic N) is 2. The fraction of sp³-hybridized carbons (Fsp3) is 0.308. The van der Waals surface area contributed by atoms with E-state index in [1.54, 1.807) is 0 Å². The van der Waals surface area contributed by atoms with Gasteiger partial charge in [-0.25, -0.2) is 4.68 Å². The third-order valence-electron chi connectivity index (χ3n) is 2.82. The van der Waals surface area contributed by atoms with E-state index in [2.05, 4.69) is 34.9 Å². The van der Waals surface area contributed by atoms with E-state index in [-0.39, 0.29) is 0 Å². The van der Waals surface area contributed by atoms with Crippen LogP contribution < -0.4 is 5.73 Å². The fourth-order valence-corrected chi connectivity index (χ4v) is 2.33. The summed E-state index contributed by atoms with van der Waals surface area (Å²) >= 11 is 3.48. The predicted octanol–water partition coefficient (Wildman–Crippen LogP) is 3.34. The lowest BCUT2D eigenvalue weighted by molar-refractivity contribution is 0.794. The minimum absolute atomic E-state index is 0.829. The Bertz CT molecular complexity index is 531. The van der Waals surface area contributed by atoms with Crippen molar-refractivity contribution in [3.05, 3.63) is 40.1 Å². The van der Waals surface area contributed by atoms with Crippen molar-refractivity contribution in [3.63, 3.8) is 0 Å². The second kappa shape index (κ2) is 4.92. The summed E-state index contributed by atoms with van der Waals surface area (Å²) in [5.74, 6) is 0. The van der Waals surface area contributed by atoms with Crippen molar-refractivity contribution in [2.24, 2.45) is 0 Å². The van der Waals surface area contributed by atoms with Crippen LogP contribution in [0.4, 0.5) is 5.69 Å². The molecular weight excluding hydrogens is 278 g/mol. The van der Waals surface area contributed by atoms with Gasteiger partial charge in [-0.15, -0.1) is 0 Å². The van der Waals surface area contributed by atoms with Gasteiger partial charge in [-0.05, 0) is 31.0 Å². The Balaban J connectivity index is 2.58. The Hall–Kier alpha value is -1.29. The first-order chi connectivity index (χ1) is 8.17.